The zero-order chi connectivity index (χ0) is 19.9. The largest absolute Gasteiger partial charge is 0.353 e. The Balaban J connectivity index is 1.91. The van der Waals surface area contributed by atoms with Crippen LogP contribution in [0.15, 0.2) is 53.9 Å². The number of thioether (sulfide) groups is 1. The van der Waals surface area contributed by atoms with Gasteiger partial charge in [-0.05, 0) is 49.6 Å². The second-order valence-corrected chi connectivity index (χ2v) is 7.51. The zero-order valence-electron chi connectivity index (χ0n) is 16.4. The summed E-state index contributed by atoms with van der Waals surface area (Å²) < 4.78 is 2.00. The Labute approximate surface area is 169 Å². The average Bonchev–Trinajstić information content (AvgIpc) is 3.16. The number of pyridine rings is 1. The van der Waals surface area contributed by atoms with Crippen LogP contribution in [0.25, 0.3) is 17.1 Å². The van der Waals surface area contributed by atoms with Crippen molar-refractivity contribution in [2.45, 2.75) is 44.8 Å². The van der Waals surface area contributed by atoms with Crippen molar-refractivity contribution in [1.29, 1.82) is 0 Å². The molecule has 146 valence electrons. The highest BCUT2D eigenvalue weighted by Gasteiger charge is 2.17. The van der Waals surface area contributed by atoms with Gasteiger partial charge in [0.15, 0.2) is 11.0 Å². The van der Waals surface area contributed by atoms with Gasteiger partial charge in [-0.3, -0.25) is 14.3 Å². The quantitative estimate of drug-likeness (QED) is 0.586. The molecule has 0 saturated heterocycles. The van der Waals surface area contributed by atoms with Crippen LogP contribution in [0.2, 0.25) is 0 Å². The van der Waals surface area contributed by atoms with Gasteiger partial charge in [0, 0.05) is 29.7 Å². The summed E-state index contributed by atoms with van der Waals surface area (Å²) in [5.41, 5.74) is 3.17. The van der Waals surface area contributed by atoms with Gasteiger partial charge in [0.2, 0.25) is 5.91 Å². The normalized spacial score (nSPS) is 12.0. The van der Waals surface area contributed by atoms with Crippen LogP contribution in [-0.2, 0) is 11.2 Å². The average molecular weight is 396 g/mol. The number of hydrogen-bond acceptors (Lipinski definition) is 5. The fourth-order valence-electron chi connectivity index (χ4n) is 2.71. The number of hydrogen-bond donors (Lipinski definition) is 1. The van der Waals surface area contributed by atoms with E-state index in [1.165, 1.54) is 17.3 Å². The first-order valence-electron chi connectivity index (χ1n) is 9.49. The molecule has 1 N–H and O–H groups in total. The molecule has 2 heterocycles. The monoisotopic (exact) mass is 395 g/mol. The van der Waals surface area contributed by atoms with Crippen molar-refractivity contribution in [1.82, 2.24) is 25.1 Å². The Morgan fingerprint density at radius 2 is 1.82 bits per heavy atom. The lowest BCUT2D eigenvalue weighted by Crippen LogP contribution is -2.33. The van der Waals surface area contributed by atoms with Gasteiger partial charge in [-0.25, -0.2) is 0 Å². The third-order valence-corrected chi connectivity index (χ3v) is 5.46. The first kappa shape index (κ1) is 20.1. The summed E-state index contributed by atoms with van der Waals surface area (Å²) in [6, 6.07) is 12.3. The third kappa shape index (κ3) is 4.78. The highest BCUT2D eigenvalue weighted by Crippen LogP contribution is 2.27. The van der Waals surface area contributed by atoms with Crippen LogP contribution < -0.4 is 5.32 Å². The number of benzene rings is 1. The lowest BCUT2D eigenvalue weighted by Gasteiger charge is -2.12. The maximum Gasteiger partial charge on any atom is 0.230 e. The lowest BCUT2D eigenvalue weighted by atomic mass is 10.1. The lowest BCUT2D eigenvalue weighted by molar-refractivity contribution is -0.119. The molecular weight excluding hydrogens is 370 g/mol. The molecule has 1 atom stereocenters. The molecule has 2 aromatic heterocycles. The topological polar surface area (TPSA) is 72.7 Å². The van der Waals surface area contributed by atoms with Gasteiger partial charge >= 0.3 is 0 Å². The van der Waals surface area contributed by atoms with Crippen LogP contribution in [-0.4, -0.2) is 37.5 Å². The fourth-order valence-corrected chi connectivity index (χ4v) is 3.48. The Morgan fingerprint density at radius 1 is 1.11 bits per heavy atom. The van der Waals surface area contributed by atoms with Crippen LogP contribution >= 0.6 is 11.8 Å². The molecule has 0 saturated carbocycles. The van der Waals surface area contributed by atoms with E-state index in [4.69, 9.17) is 0 Å². The van der Waals surface area contributed by atoms with E-state index >= 15 is 0 Å². The van der Waals surface area contributed by atoms with Crippen LogP contribution in [0.1, 0.15) is 32.8 Å². The number of carbonyl (C=O) groups is 1. The molecule has 0 bridgehead atoms. The Kier molecular flexibility index (Phi) is 6.81. The van der Waals surface area contributed by atoms with E-state index in [0.29, 0.717) is 10.9 Å². The van der Waals surface area contributed by atoms with Crippen molar-refractivity contribution < 1.29 is 4.79 Å². The summed E-state index contributed by atoms with van der Waals surface area (Å²) in [7, 11) is 0. The number of amides is 1. The van der Waals surface area contributed by atoms with Gasteiger partial charge in [0.25, 0.3) is 0 Å². The molecule has 1 unspecified atom stereocenters. The maximum atomic E-state index is 12.2. The van der Waals surface area contributed by atoms with Crippen LogP contribution in [0.3, 0.4) is 0 Å². The molecule has 3 aromatic rings. The van der Waals surface area contributed by atoms with E-state index in [2.05, 4.69) is 58.6 Å². The van der Waals surface area contributed by atoms with Crippen molar-refractivity contribution in [3.05, 3.63) is 54.4 Å². The second kappa shape index (κ2) is 9.50. The van der Waals surface area contributed by atoms with Gasteiger partial charge in [-0.2, -0.15) is 0 Å². The van der Waals surface area contributed by atoms with Crippen LogP contribution in [0.4, 0.5) is 0 Å². The Morgan fingerprint density at radius 3 is 2.46 bits per heavy atom. The van der Waals surface area contributed by atoms with E-state index in [0.717, 1.165) is 29.9 Å². The molecule has 0 aliphatic heterocycles. The highest BCUT2D eigenvalue weighted by molar-refractivity contribution is 7.99. The van der Waals surface area contributed by atoms with Crippen LogP contribution in [0.5, 0.6) is 0 Å². The Hall–Kier alpha value is -2.67. The van der Waals surface area contributed by atoms with Crippen molar-refractivity contribution in [2.24, 2.45) is 0 Å². The summed E-state index contributed by atoms with van der Waals surface area (Å²) in [5.74, 6) is 1.03. The molecule has 0 aliphatic rings. The number of aromatic nitrogens is 4. The van der Waals surface area contributed by atoms with Gasteiger partial charge in [0.05, 0.1) is 5.75 Å². The van der Waals surface area contributed by atoms with E-state index in [9.17, 15) is 4.79 Å². The van der Waals surface area contributed by atoms with E-state index < -0.39 is 0 Å². The molecule has 28 heavy (non-hydrogen) atoms. The van der Waals surface area contributed by atoms with Crippen molar-refractivity contribution in [3.63, 3.8) is 0 Å². The molecule has 1 aromatic carbocycles. The summed E-state index contributed by atoms with van der Waals surface area (Å²) >= 11 is 1.39. The molecule has 7 heteroatoms. The molecule has 3 rings (SSSR count). The highest BCUT2D eigenvalue weighted by atomic mass is 32.2. The van der Waals surface area contributed by atoms with E-state index in [-0.39, 0.29) is 11.9 Å². The van der Waals surface area contributed by atoms with Crippen molar-refractivity contribution in [2.75, 3.05) is 5.75 Å². The number of nitrogens with one attached hydrogen (secondary N) is 1. The molecule has 0 radical (unpaired) electrons. The smallest absolute Gasteiger partial charge is 0.230 e. The molecule has 0 fully saturated rings. The maximum absolute atomic E-state index is 12.2. The minimum Gasteiger partial charge on any atom is -0.353 e. The molecule has 1 amide bonds. The van der Waals surface area contributed by atoms with Gasteiger partial charge in [0.1, 0.15) is 0 Å². The summed E-state index contributed by atoms with van der Waals surface area (Å²) in [5, 5.41) is 12.4. The summed E-state index contributed by atoms with van der Waals surface area (Å²) in [4.78, 5) is 16.3. The molecule has 6 nitrogen and oxygen atoms in total. The first-order valence-corrected chi connectivity index (χ1v) is 10.5. The van der Waals surface area contributed by atoms with E-state index in [1.54, 1.807) is 12.4 Å². The molecule has 0 spiro atoms. The predicted octanol–water partition coefficient (Wildman–Crippen LogP) is 3.90. The number of rotatable bonds is 8. The summed E-state index contributed by atoms with van der Waals surface area (Å²) in [6.07, 6.45) is 5.36. The Bertz CT molecular complexity index is 908. The van der Waals surface area contributed by atoms with Crippen molar-refractivity contribution >= 4 is 17.7 Å². The second-order valence-electron chi connectivity index (χ2n) is 6.56. The zero-order valence-corrected chi connectivity index (χ0v) is 17.2. The minimum absolute atomic E-state index is 0.000641. The van der Waals surface area contributed by atoms with Gasteiger partial charge in [-0.15, -0.1) is 10.2 Å². The number of aryl methyl sites for hydroxylation is 1. The number of nitrogens with zero attached hydrogens (tertiary/aromatic N) is 4. The summed E-state index contributed by atoms with van der Waals surface area (Å²) in [6.45, 7) is 6.19. The first-order chi connectivity index (χ1) is 13.6. The minimum atomic E-state index is 0.000641. The van der Waals surface area contributed by atoms with Crippen molar-refractivity contribution in [3.8, 4) is 17.1 Å². The molecular formula is C21H25N5OS. The SMILES string of the molecule is CCc1ccc(-n2c(SCC(=O)NC(C)CC)nnc2-c2ccncc2)cc1. The number of carbonyl (C=O) groups excluding carboxylic acids is 1. The standard InChI is InChI=1S/C21H25N5OS/c1-4-15(3)23-19(27)14-28-21-25-24-20(17-10-12-22-13-11-17)26(21)18-8-6-16(5-2)7-9-18/h6-13,15H,4-5,14H2,1-3H3,(H,23,27). The molecule has 0 aliphatic carbocycles. The third-order valence-electron chi connectivity index (χ3n) is 4.53. The van der Waals surface area contributed by atoms with Gasteiger partial charge < -0.3 is 5.32 Å². The van der Waals surface area contributed by atoms with Crippen LogP contribution in [0, 0.1) is 0 Å². The van der Waals surface area contributed by atoms with Gasteiger partial charge in [-0.1, -0.05) is 37.7 Å². The fraction of sp³-hybridized carbons (Fsp3) is 0.333. The predicted molar refractivity (Wildman–Crippen MR) is 113 cm³/mol. The van der Waals surface area contributed by atoms with E-state index in [1.807, 2.05) is 23.6 Å².